The molecular weight excluding hydrogens is 236 g/mol. The molecule has 106 valence electrons. The second-order valence-electron chi connectivity index (χ2n) is 6.22. The highest BCUT2D eigenvalue weighted by molar-refractivity contribution is 5.78. The quantitative estimate of drug-likeness (QED) is 0.856. The largest absolute Gasteiger partial charge is 0.356 e. The molecule has 0 radical (unpaired) electrons. The summed E-state index contributed by atoms with van der Waals surface area (Å²) in [4.78, 5) is 12.0. The molecule has 0 fully saturated rings. The molecular formula is C16H26N2O. The molecule has 0 saturated carbocycles. The van der Waals surface area contributed by atoms with Crippen LogP contribution in [0.15, 0.2) is 24.3 Å². The topological polar surface area (TPSA) is 55.1 Å². The predicted octanol–water partition coefficient (Wildman–Crippen LogP) is 2.49. The Bertz CT molecular complexity index is 421. The average molecular weight is 262 g/mol. The van der Waals surface area contributed by atoms with Crippen LogP contribution >= 0.6 is 0 Å². The highest BCUT2D eigenvalue weighted by atomic mass is 16.1. The number of nitrogens with one attached hydrogen (secondary N) is 1. The fourth-order valence-corrected chi connectivity index (χ4v) is 1.74. The molecule has 0 heterocycles. The van der Waals surface area contributed by atoms with Gasteiger partial charge in [0.15, 0.2) is 0 Å². The zero-order valence-corrected chi connectivity index (χ0v) is 12.5. The van der Waals surface area contributed by atoms with Gasteiger partial charge >= 0.3 is 0 Å². The number of hydrogen-bond acceptors (Lipinski definition) is 2. The fraction of sp³-hybridized carbons (Fsp3) is 0.562. The van der Waals surface area contributed by atoms with Crippen molar-refractivity contribution in [1.29, 1.82) is 0 Å². The first kappa shape index (κ1) is 15.7. The first-order valence-corrected chi connectivity index (χ1v) is 6.88. The summed E-state index contributed by atoms with van der Waals surface area (Å²) in [6, 6.07) is 7.83. The van der Waals surface area contributed by atoms with Gasteiger partial charge in [-0.3, -0.25) is 4.79 Å². The smallest absolute Gasteiger partial charge is 0.224 e. The number of benzene rings is 1. The molecule has 3 nitrogen and oxygen atoms in total. The van der Waals surface area contributed by atoms with Crippen molar-refractivity contribution in [2.24, 2.45) is 17.1 Å². The Morgan fingerprint density at radius 3 is 2.37 bits per heavy atom. The minimum atomic E-state index is 0.0667. The molecule has 0 bridgehead atoms. The molecule has 1 atom stereocenters. The van der Waals surface area contributed by atoms with Gasteiger partial charge in [0.25, 0.3) is 0 Å². The lowest BCUT2D eigenvalue weighted by Gasteiger charge is -2.27. The molecule has 0 aliphatic carbocycles. The number of carbonyl (C=O) groups is 1. The summed E-state index contributed by atoms with van der Waals surface area (Å²) < 4.78 is 0. The Hall–Kier alpha value is -1.35. The number of amides is 1. The van der Waals surface area contributed by atoms with Crippen LogP contribution in [0, 0.1) is 11.3 Å². The van der Waals surface area contributed by atoms with E-state index in [0.717, 1.165) is 11.1 Å². The van der Waals surface area contributed by atoms with Crippen molar-refractivity contribution in [3.8, 4) is 0 Å². The van der Waals surface area contributed by atoms with E-state index in [0.29, 0.717) is 25.4 Å². The maximum absolute atomic E-state index is 12.0. The lowest BCUT2D eigenvalue weighted by Crippen LogP contribution is -2.34. The van der Waals surface area contributed by atoms with Crippen LogP contribution in [0.5, 0.6) is 0 Å². The van der Waals surface area contributed by atoms with Gasteiger partial charge in [0.1, 0.15) is 0 Å². The van der Waals surface area contributed by atoms with Crippen molar-refractivity contribution in [1.82, 2.24) is 5.32 Å². The molecule has 0 spiro atoms. The van der Waals surface area contributed by atoms with E-state index >= 15 is 0 Å². The van der Waals surface area contributed by atoms with E-state index in [1.54, 1.807) is 0 Å². The lowest BCUT2D eigenvalue weighted by atomic mass is 9.82. The Labute approximate surface area is 116 Å². The zero-order chi connectivity index (χ0) is 14.5. The van der Waals surface area contributed by atoms with Crippen molar-refractivity contribution < 1.29 is 4.79 Å². The lowest BCUT2D eigenvalue weighted by molar-refractivity contribution is -0.120. The summed E-state index contributed by atoms with van der Waals surface area (Å²) in [6.45, 7) is 9.91. The molecule has 1 amide bonds. The Kier molecular flexibility index (Phi) is 5.55. The van der Waals surface area contributed by atoms with E-state index in [-0.39, 0.29) is 11.3 Å². The minimum Gasteiger partial charge on any atom is -0.356 e. The van der Waals surface area contributed by atoms with Crippen LogP contribution in [0.3, 0.4) is 0 Å². The third-order valence-electron chi connectivity index (χ3n) is 3.77. The zero-order valence-electron chi connectivity index (χ0n) is 12.5. The standard InChI is InChI=1S/C16H26N2O/c1-12(16(2,3)4)11-18-15(19)9-13-7-5-6-8-14(13)10-17/h5-8,12H,9-11,17H2,1-4H3,(H,18,19). The van der Waals surface area contributed by atoms with Crippen LogP contribution in [0.25, 0.3) is 0 Å². The van der Waals surface area contributed by atoms with Gasteiger partial charge in [-0.1, -0.05) is 52.0 Å². The second kappa shape index (κ2) is 6.71. The SMILES string of the molecule is CC(CNC(=O)Cc1ccccc1CN)C(C)(C)C. The van der Waals surface area contributed by atoms with Gasteiger partial charge in [0.05, 0.1) is 6.42 Å². The van der Waals surface area contributed by atoms with E-state index in [9.17, 15) is 4.79 Å². The van der Waals surface area contributed by atoms with Crippen LogP contribution in [-0.4, -0.2) is 12.5 Å². The molecule has 19 heavy (non-hydrogen) atoms. The van der Waals surface area contributed by atoms with Crippen molar-refractivity contribution in [3.63, 3.8) is 0 Å². The molecule has 0 aromatic heterocycles. The van der Waals surface area contributed by atoms with Crippen molar-refractivity contribution >= 4 is 5.91 Å². The molecule has 1 aromatic rings. The third kappa shape index (κ3) is 5.03. The first-order valence-electron chi connectivity index (χ1n) is 6.88. The van der Waals surface area contributed by atoms with E-state index in [4.69, 9.17) is 5.73 Å². The maximum Gasteiger partial charge on any atom is 0.224 e. The molecule has 0 aliphatic heterocycles. The fourth-order valence-electron chi connectivity index (χ4n) is 1.74. The Morgan fingerprint density at radius 2 is 1.84 bits per heavy atom. The summed E-state index contributed by atoms with van der Waals surface area (Å²) in [5, 5.41) is 3.01. The van der Waals surface area contributed by atoms with Crippen molar-refractivity contribution in [2.45, 2.75) is 40.7 Å². The summed E-state index contributed by atoms with van der Waals surface area (Å²) >= 11 is 0. The molecule has 3 heteroatoms. The van der Waals surface area contributed by atoms with E-state index in [2.05, 4.69) is 33.0 Å². The normalized spacial score (nSPS) is 13.1. The number of hydrogen-bond donors (Lipinski definition) is 2. The average Bonchev–Trinajstić information content (AvgIpc) is 2.35. The molecule has 3 N–H and O–H groups in total. The third-order valence-corrected chi connectivity index (χ3v) is 3.77. The highest BCUT2D eigenvalue weighted by Crippen LogP contribution is 2.24. The van der Waals surface area contributed by atoms with Crippen LogP contribution in [0.1, 0.15) is 38.8 Å². The highest BCUT2D eigenvalue weighted by Gasteiger charge is 2.20. The number of nitrogens with two attached hydrogens (primary N) is 1. The molecule has 0 aliphatic rings. The second-order valence-corrected chi connectivity index (χ2v) is 6.22. The van der Waals surface area contributed by atoms with Crippen LogP contribution in [-0.2, 0) is 17.8 Å². The molecule has 1 aromatic carbocycles. The van der Waals surface area contributed by atoms with Crippen LogP contribution in [0.4, 0.5) is 0 Å². The van der Waals surface area contributed by atoms with E-state index < -0.39 is 0 Å². The maximum atomic E-state index is 12.0. The van der Waals surface area contributed by atoms with Crippen LogP contribution < -0.4 is 11.1 Å². The number of rotatable bonds is 5. The van der Waals surface area contributed by atoms with Gasteiger partial charge < -0.3 is 11.1 Å². The summed E-state index contributed by atoms with van der Waals surface area (Å²) in [7, 11) is 0. The molecule has 0 saturated heterocycles. The monoisotopic (exact) mass is 262 g/mol. The van der Waals surface area contributed by atoms with E-state index in [1.165, 1.54) is 0 Å². The van der Waals surface area contributed by atoms with Gasteiger partial charge in [-0.25, -0.2) is 0 Å². The summed E-state index contributed by atoms with van der Waals surface area (Å²) in [5.41, 5.74) is 7.95. The number of carbonyl (C=O) groups excluding carboxylic acids is 1. The van der Waals surface area contributed by atoms with E-state index in [1.807, 2.05) is 24.3 Å². The van der Waals surface area contributed by atoms with Crippen molar-refractivity contribution in [2.75, 3.05) is 6.54 Å². The van der Waals surface area contributed by atoms with Crippen LogP contribution in [0.2, 0.25) is 0 Å². The summed E-state index contributed by atoms with van der Waals surface area (Å²) in [6.07, 6.45) is 0.407. The molecule has 1 rings (SSSR count). The minimum absolute atomic E-state index is 0.0667. The predicted molar refractivity (Wildman–Crippen MR) is 79.7 cm³/mol. The molecule has 1 unspecified atom stereocenters. The van der Waals surface area contributed by atoms with Gasteiger partial charge in [-0.15, -0.1) is 0 Å². The first-order chi connectivity index (χ1) is 8.84. The van der Waals surface area contributed by atoms with Gasteiger partial charge in [0.2, 0.25) is 5.91 Å². The van der Waals surface area contributed by atoms with Gasteiger partial charge in [0, 0.05) is 13.1 Å². The Morgan fingerprint density at radius 1 is 1.26 bits per heavy atom. The summed E-state index contributed by atoms with van der Waals surface area (Å²) in [5.74, 6) is 0.512. The van der Waals surface area contributed by atoms with Gasteiger partial charge in [-0.05, 0) is 22.5 Å². The van der Waals surface area contributed by atoms with Crippen molar-refractivity contribution in [3.05, 3.63) is 35.4 Å². The Balaban J connectivity index is 2.52. The van der Waals surface area contributed by atoms with Gasteiger partial charge in [-0.2, -0.15) is 0 Å².